The second-order valence-corrected chi connectivity index (χ2v) is 4.60. The van der Waals surface area contributed by atoms with Crippen LogP contribution in [0.15, 0.2) is 40.8 Å². The Morgan fingerprint density at radius 3 is 2.79 bits per heavy atom. The molecular weight excluding hydrogens is 242 g/mol. The van der Waals surface area contributed by atoms with Gasteiger partial charge in [0, 0.05) is 6.54 Å². The summed E-state index contributed by atoms with van der Waals surface area (Å²) >= 11 is 0. The number of carboxylic acids is 1. The van der Waals surface area contributed by atoms with Gasteiger partial charge in [-0.25, -0.2) is 4.79 Å². The van der Waals surface area contributed by atoms with Crippen molar-refractivity contribution < 1.29 is 14.3 Å². The average molecular weight is 259 g/mol. The summed E-state index contributed by atoms with van der Waals surface area (Å²) in [6, 6.07) is 11.4. The third-order valence-corrected chi connectivity index (χ3v) is 2.96. The van der Waals surface area contributed by atoms with Crippen molar-refractivity contribution in [1.29, 1.82) is 0 Å². The molecule has 0 radical (unpaired) electrons. The van der Waals surface area contributed by atoms with Crippen LogP contribution in [0, 0.1) is 6.92 Å². The predicted octanol–water partition coefficient (Wildman–Crippen LogP) is 3.14. The van der Waals surface area contributed by atoms with Crippen LogP contribution in [-0.4, -0.2) is 11.1 Å². The summed E-state index contributed by atoms with van der Waals surface area (Å²) in [5.41, 5.74) is 2.41. The molecule has 0 aliphatic carbocycles. The third-order valence-electron chi connectivity index (χ3n) is 2.96. The molecule has 0 aliphatic rings. The summed E-state index contributed by atoms with van der Waals surface area (Å²) in [5.74, 6) is -0.443. The number of aromatic carboxylic acids is 1. The van der Waals surface area contributed by atoms with Crippen molar-refractivity contribution in [3.8, 4) is 0 Å². The standard InChI is InChI=1S/C15H17NO3/c1-10-4-3-5-12(8-10)9-16-11(2)13-6-7-14(19-13)15(17)18/h3-8,11,16H,9H2,1-2H3,(H,17,18). The second-order valence-electron chi connectivity index (χ2n) is 4.60. The van der Waals surface area contributed by atoms with Crippen LogP contribution in [0.25, 0.3) is 0 Å². The van der Waals surface area contributed by atoms with Crippen molar-refractivity contribution in [2.45, 2.75) is 26.4 Å². The van der Waals surface area contributed by atoms with Gasteiger partial charge in [0.15, 0.2) is 0 Å². The van der Waals surface area contributed by atoms with Gasteiger partial charge in [-0.05, 0) is 31.5 Å². The highest BCUT2D eigenvalue weighted by Crippen LogP contribution is 2.17. The molecule has 2 aromatic rings. The van der Waals surface area contributed by atoms with E-state index in [-0.39, 0.29) is 11.8 Å². The van der Waals surface area contributed by atoms with Gasteiger partial charge in [0.25, 0.3) is 0 Å². The van der Waals surface area contributed by atoms with Crippen molar-refractivity contribution in [1.82, 2.24) is 5.32 Å². The maximum Gasteiger partial charge on any atom is 0.371 e. The van der Waals surface area contributed by atoms with E-state index in [1.54, 1.807) is 6.07 Å². The molecule has 1 heterocycles. The fourth-order valence-corrected chi connectivity index (χ4v) is 1.89. The highest BCUT2D eigenvalue weighted by molar-refractivity contribution is 5.84. The molecule has 0 saturated heterocycles. The van der Waals surface area contributed by atoms with Crippen LogP contribution in [0.1, 0.15) is 40.4 Å². The zero-order valence-corrected chi connectivity index (χ0v) is 11.0. The number of rotatable bonds is 5. The van der Waals surface area contributed by atoms with E-state index in [4.69, 9.17) is 9.52 Å². The van der Waals surface area contributed by atoms with Crippen molar-refractivity contribution in [2.75, 3.05) is 0 Å². The molecule has 2 N–H and O–H groups in total. The van der Waals surface area contributed by atoms with E-state index in [0.29, 0.717) is 12.3 Å². The number of furan rings is 1. The summed E-state index contributed by atoms with van der Waals surface area (Å²) in [5, 5.41) is 12.1. The van der Waals surface area contributed by atoms with Gasteiger partial charge in [0.05, 0.1) is 6.04 Å². The van der Waals surface area contributed by atoms with Gasteiger partial charge in [-0.3, -0.25) is 0 Å². The lowest BCUT2D eigenvalue weighted by atomic mass is 10.1. The number of benzene rings is 1. The molecule has 2 rings (SSSR count). The summed E-state index contributed by atoms with van der Waals surface area (Å²) in [6.07, 6.45) is 0. The number of aryl methyl sites for hydroxylation is 1. The first-order chi connectivity index (χ1) is 9.06. The lowest BCUT2D eigenvalue weighted by Crippen LogP contribution is -2.17. The summed E-state index contributed by atoms with van der Waals surface area (Å²) < 4.78 is 5.26. The minimum Gasteiger partial charge on any atom is -0.475 e. The van der Waals surface area contributed by atoms with Gasteiger partial charge in [-0.2, -0.15) is 0 Å². The van der Waals surface area contributed by atoms with E-state index in [1.165, 1.54) is 17.2 Å². The largest absolute Gasteiger partial charge is 0.475 e. The van der Waals surface area contributed by atoms with E-state index in [0.717, 1.165) is 0 Å². The van der Waals surface area contributed by atoms with Crippen LogP contribution in [0.2, 0.25) is 0 Å². The van der Waals surface area contributed by atoms with Crippen molar-refractivity contribution in [2.24, 2.45) is 0 Å². The van der Waals surface area contributed by atoms with Crippen LogP contribution in [0.5, 0.6) is 0 Å². The van der Waals surface area contributed by atoms with Gasteiger partial charge >= 0.3 is 5.97 Å². The lowest BCUT2D eigenvalue weighted by molar-refractivity contribution is 0.0659. The maximum absolute atomic E-state index is 10.7. The number of carboxylic acid groups (broad SMARTS) is 1. The molecule has 1 aromatic carbocycles. The van der Waals surface area contributed by atoms with Crippen LogP contribution in [0.4, 0.5) is 0 Å². The topological polar surface area (TPSA) is 62.5 Å². The SMILES string of the molecule is Cc1cccc(CNC(C)c2ccc(C(=O)O)o2)c1. The Bertz CT molecular complexity index is 574. The number of hydrogen-bond acceptors (Lipinski definition) is 3. The first kappa shape index (κ1) is 13.4. The molecule has 4 nitrogen and oxygen atoms in total. The van der Waals surface area contributed by atoms with E-state index in [9.17, 15) is 4.79 Å². The number of nitrogens with one attached hydrogen (secondary N) is 1. The Balaban J connectivity index is 1.97. The molecule has 0 saturated carbocycles. The molecule has 100 valence electrons. The van der Waals surface area contributed by atoms with Crippen LogP contribution in [0.3, 0.4) is 0 Å². The zero-order valence-electron chi connectivity index (χ0n) is 11.0. The van der Waals surface area contributed by atoms with Gasteiger partial charge in [0.1, 0.15) is 5.76 Å². The van der Waals surface area contributed by atoms with E-state index in [1.807, 2.05) is 13.0 Å². The quantitative estimate of drug-likeness (QED) is 0.866. The summed E-state index contributed by atoms with van der Waals surface area (Å²) in [6.45, 7) is 4.71. The summed E-state index contributed by atoms with van der Waals surface area (Å²) in [4.78, 5) is 10.7. The smallest absolute Gasteiger partial charge is 0.371 e. The Morgan fingerprint density at radius 1 is 1.37 bits per heavy atom. The average Bonchev–Trinajstić information content (AvgIpc) is 2.86. The highest BCUT2D eigenvalue weighted by Gasteiger charge is 2.13. The Labute approximate surface area is 112 Å². The Morgan fingerprint density at radius 2 is 2.16 bits per heavy atom. The van der Waals surface area contributed by atoms with Crippen molar-refractivity contribution >= 4 is 5.97 Å². The molecule has 0 aliphatic heterocycles. The molecule has 1 unspecified atom stereocenters. The Kier molecular flexibility index (Phi) is 4.02. The van der Waals surface area contributed by atoms with E-state index < -0.39 is 5.97 Å². The van der Waals surface area contributed by atoms with E-state index >= 15 is 0 Å². The van der Waals surface area contributed by atoms with Gasteiger partial charge < -0.3 is 14.8 Å². The first-order valence-corrected chi connectivity index (χ1v) is 6.18. The predicted molar refractivity (Wildman–Crippen MR) is 72.1 cm³/mol. The molecule has 0 amide bonds. The van der Waals surface area contributed by atoms with Gasteiger partial charge in [0.2, 0.25) is 5.76 Å². The molecule has 1 aromatic heterocycles. The molecule has 1 atom stereocenters. The van der Waals surface area contributed by atoms with Crippen molar-refractivity contribution in [3.05, 3.63) is 59.0 Å². The van der Waals surface area contributed by atoms with Crippen LogP contribution in [-0.2, 0) is 6.54 Å². The maximum atomic E-state index is 10.7. The minimum absolute atomic E-state index is 0.0285. The van der Waals surface area contributed by atoms with Gasteiger partial charge in [-0.1, -0.05) is 29.8 Å². The number of hydrogen-bond donors (Lipinski definition) is 2. The van der Waals surface area contributed by atoms with E-state index in [2.05, 4.69) is 30.4 Å². The monoisotopic (exact) mass is 259 g/mol. The second kappa shape index (κ2) is 5.71. The van der Waals surface area contributed by atoms with Crippen molar-refractivity contribution in [3.63, 3.8) is 0 Å². The highest BCUT2D eigenvalue weighted by atomic mass is 16.4. The number of carbonyl (C=O) groups is 1. The molecule has 4 heteroatoms. The summed E-state index contributed by atoms with van der Waals surface area (Å²) in [7, 11) is 0. The first-order valence-electron chi connectivity index (χ1n) is 6.18. The normalized spacial score (nSPS) is 12.3. The van der Waals surface area contributed by atoms with Crippen LogP contribution >= 0.6 is 0 Å². The molecule has 0 spiro atoms. The molecule has 0 fully saturated rings. The zero-order chi connectivity index (χ0) is 13.8. The lowest BCUT2D eigenvalue weighted by Gasteiger charge is -2.11. The van der Waals surface area contributed by atoms with Gasteiger partial charge in [-0.15, -0.1) is 0 Å². The minimum atomic E-state index is -1.04. The molecule has 19 heavy (non-hydrogen) atoms. The molecule has 0 bridgehead atoms. The van der Waals surface area contributed by atoms with Crippen LogP contribution < -0.4 is 5.32 Å². The fourth-order valence-electron chi connectivity index (χ4n) is 1.89. The fraction of sp³-hybridized carbons (Fsp3) is 0.267. The molecular formula is C15H17NO3. The Hall–Kier alpha value is -2.07. The third kappa shape index (κ3) is 3.45.